The van der Waals surface area contributed by atoms with Gasteiger partial charge in [-0.3, -0.25) is 9.59 Å². The first-order valence-corrected chi connectivity index (χ1v) is 9.74. The number of carbonyl (C=O) groups is 2. The summed E-state index contributed by atoms with van der Waals surface area (Å²) in [6, 6.07) is 7.93. The first-order valence-electron chi connectivity index (χ1n) is 9.74. The predicted octanol–water partition coefficient (Wildman–Crippen LogP) is 3.62. The molecule has 1 rings (SSSR count). The summed E-state index contributed by atoms with van der Waals surface area (Å²) < 4.78 is 0. The lowest BCUT2D eigenvalue weighted by atomic mass is 10.0. The van der Waals surface area contributed by atoms with Gasteiger partial charge in [-0.05, 0) is 42.6 Å². The zero-order valence-electron chi connectivity index (χ0n) is 17.0. The summed E-state index contributed by atoms with van der Waals surface area (Å²) in [5, 5.41) is 5.85. The quantitative estimate of drug-likeness (QED) is 0.633. The van der Waals surface area contributed by atoms with Gasteiger partial charge >= 0.3 is 0 Å². The van der Waals surface area contributed by atoms with Gasteiger partial charge in [-0.15, -0.1) is 0 Å². The topological polar surface area (TPSA) is 61.4 Å². The summed E-state index contributed by atoms with van der Waals surface area (Å²) in [6.07, 6.45) is 0.716. The van der Waals surface area contributed by atoms with Crippen molar-refractivity contribution in [1.82, 2.24) is 10.2 Å². The zero-order valence-corrected chi connectivity index (χ0v) is 17.0. The largest absolute Gasteiger partial charge is 0.355 e. The highest BCUT2D eigenvalue weighted by Crippen LogP contribution is 2.18. The number of nitrogens with zero attached hydrogens (tertiary/aromatic N) is 1. The van der Waals surface area contributed by atoms with Crippen LogP contribution in [0.15, 0.2) is 24.3 Å². The second-order valence-electron chi connectivity index (χ2n) is 7.22. The van der Waals surface area contributed by atoms with Gasteiger partial charge in [-0.25, -0.2) is 0 Å². The van der Waals surface area contributed by atoms with Gasteiger partial charge < -0.3 is 15.5 Å². The minimum absolute atomic E-state index is 0.0124. The Balaban J connectivity index is 2.31. The van der Waals surface area contributed by atoms with E-state index in [-0.39, 0.29) is 17.7 Å². The monoisotopic (exact) mass is 361 g/mol. The summed E-state index contributed by atoms with van der Waals surface area (Å²) in [4.78, 5) is 26.4. The average molecular weight is 362 g/mol. The molecule has 0 bridgehead atoms. The third-order valence-electron chi connectivity index (χ3n) is 4.57. The van der Waals surface area contributed by atoms with Crippen molar-refractivity contribution in [1.29, 1.82) is 0 Å². The van der Waals surface area contributed by atoms with E-state index < -0.39 is 0 Å². The first-order chi connectivity index (χ1) is 12.3. The molecule has 2 amide bonds. The third kappa shape index (κ3) is 8.48. The SMILES string of the molecule is CCN(CC)CCNC(=O)C[C@@H](C)CC(=O)Nc1ccc(C(C)C)cc1. The molecule has 0 heterocycles. The second-order valence-corrected chi connectivity index (χ2v) is 7.22. The normalized spacial score (nSPS) is 12.3. The van der Waals surface area contributed by atoms with Crippen LogP contribution in [-0.4, -0.2) is 42.9 Å². The van der Waals surface area contributed by atoms with E-state index in [1.807, 2.05) is 31.2 Å². The summed E-state index contributed by atoms with van der Waals surface area (Å²) in [7, 11) is 0. The fraction of sp³-hybridized carbons (Fsp3) is 0.619. The van der Waals surface area contributed by atoms with E-state index >= 15 is 0 Å². The molecule has 2 N–H and O–H groups in total. The molecule has 0 saturated carbocycles. The van der Waals surface area contributed by atoms with Crippen LogP contribution in [0, 0.1) is 5.92 Å². The van der Waals surface area contributed by atoms with Crippen LogP contribution in [0.2, 0.25) is 0 Å². The van der Waals surface area contributed by atoms with Crippen molar-refractivity contribution in [2.24, 2.45) is 5.92 Å². The first kappa shape index (κ1) is 22.2. The minimum Gasteiger partial charge on any atom is -0.355 e. The number of benzene rings is 1. The van der Waals surface area contributed by atoms with Crippen molar-refractivity contribution in [2.75, 3.05) is 31.5 Å². The molecule has 26 heavy (non-hydrogen) atoms. The Morgan fingerprint density at radius 2 is 1.54 bits per heavy atom. The van der Waals surface area contributed by atoms with E-state index in [0.29, 0.717) is 25.3 Å². The molecule has 0 saturated heterocycles. The lowest BCUT2D eigenvalue weighted by molar-refractivity contribution is -0.122. The number of carbonyl (C=O) groups excluding carboxylic acids is 2. The number of amides is 2. The Kier molecular flexibility index (Phi) is 9.96. The van der Waals surface area contributed by atoms with E-state index in [2.05, 4.69) is 43.2 Å². The van der Waals surface area contributed by atoms with E-state index in [4.69, 9.17) is 0 Å². The van der Waals surface area contributed by atoms with Gasteiger partial charge in [0.15, 0.2) is 0 Å². The van der Waals surface area contributed by atoms with Crippen molar-refractivity contribution >= 4 is 17.5 Å². The van der Waals surface area contributed by atoms with Gasteiger partial charge in [0.2, 0.25) is 11.8 Å². The number of hydrogen-bond donors (Lipinski definition) is 2. The van der Waals surface area contributed by atoms with Crippen LogP contribution in [0.1, 0.15) is 58.9 Å². The highest BCUT2D eigenvalue weighted by molar-refractivity contribution is 5.91. The van der Waals surface area contributed by atoms with Crippen LogP contribution in [0.5, 0.6) is 0 Å². The van der Waals surface area contributed by atoms with Gasteiger partial charge in [0.1, 0.15) is 0 Å². The van der Waals surface area contributed by atoms with Crippen molar-refractivity contribution in [3.05, 3.63) is 29.8 Å². The molecule has 1 aromatic rings. The van der Waals surface area contributed by atoms with Gasteiger partial charge in [0, 0.05) is 31.6 Å². The molecule has 0 aromatic heterocycles. The maximum atomic E-state index is 12.2. The Morgan fingerprint density at radius 3 is 2.08 bits per heavy atom. The summed E-state index contributed by atoms with van der Waals surface area (Å²) in [5.74, 6) is 0.447. The molecule has 1 aromatic carbocycles. The highest BCUT2D eigenvalue weighted by atomic mass is 16.2. The molecule has 0 unspecified atom stereocenters. The molecule has 0 spiro atoms. The molecule has 5 heteroatoms. The van der Waals surface area contributed by atoms with Gasteiger partial charge in [0.25, 0.3) is 0 Å². The van der Waals surface area contributed by atoms with Crippen LogP contribution in [-0.2, 0) is 9.59 Å². The number of rotatable bonds is 11. The van der Waals surface area contributed by atoms with Gasteiger partial charge in [-0.2, -0.15) is 0 Å². The summed E-state index contributed by atoms with van der Waals surface area (Å²) in [5.41, 5.74) is 2.05. The lowest BCUT2D eigenvalue weighted by Gasteiger charge is -2.18. The van der Waals surface area contributed by atoms with Crippen LogP contribution in [0.4, 0.5) is 5.69 Å². The van der Waals surface area contributed by atoms with Crippen molar-refractivity contribution < 1.29 is 9.59 Å². The number of nitrogens with one attached hydrogen (secondary N) is 2. The van der Waals surface area contributed by atoms with Crippen LogP contribution < -0.4 is 10.6 Å². The zero-order chi connectivity index (χ0) is 19.5. The molecule has 0 aliphatic carbocycles. The molecule has 0 radical (unpaired) electrons. The molecule has 146 valence electrons. The fourth-order valence-corrected chi connectivity index (χ4v) is 2.83. The van der Waals surface area contributed by atoms with Crippen molar-refractivity contribution in [2.45, 2.75) is 53.4 Å². The van der Waals surface area contributed by atoms with E-state index in [9.17, 15) is 9.59 Å². The van der Waals surface area contributed by atoms with Gasteiger partial charge in [0.05, 0.1) is 0 Å². The summed E-state index contributed by atoms with van der Waals surface area (Å²) in [6.45, 7) is 13.9. The minimum atomic E-state index is -0.0502. The number of hydrogen-bond acceptors (Lipinski definition) is 3. The molecule has 0 fully saturated rings. The Bertz CT molecular complexity index is 551. The molecule has 0 aliphatic rings. The summed E-state index contributed by atoms with van der Waals surface area (Å²) >= 11 is 0. The fourth-order valence-electron chi connectivity index (χ4n) is 2.83. The van der Waals surface area contributed by atoms with E-state index in [1.54, 1.807) is 0 Å². The number of likely N-dealkylation sites (N-methyl/N-ethyl adjacent to an activating group) is 1. The standard InChI is InChI=1S/C21H35N3O2/c1-6-24(7-2)13-12-22-20(25)14-17(5)15-21(26)23-19-10-8-18(9-11-19)16(3)4/h8-11,16-17H,6-7,12-15H2,1-5H3,(H,22,25)(H,23,26)/t17-/m1/s1. The molecular formula is C21H35N3O2. The van der Waals surface area contributed by atoms with Crippen LogP contribution in [0.3, 0.4) is 0 Å². The Labute approximate surface area is 158 Å². The molecule has 0 aliphatic heterocycles. The average Bonchev–Trinajstić information content (AvgIpc) is 2.58. The third-order valence-corrected chi connectivity index (χ3v) is 4.57. The lowest BCUT2D eigenvalue weighted by Crippen LogP contribution is -2.35. The smallest absolute Gasteiger partial charge is 0.224 e. The van der Waals surface area contributed by atoms with Crippen molar-refractivity contribution in [3.63, 3.8) is 0 Å². The van der Waals surface area contributed by atoms with Crippen molar-refractivity contribution in [3.8, 4) is 0 Å². The maximum Gasteiger partial charge on any atom is 0.224 e. The molecular weight excluding hydrogens is 326 g/mol. The molecule has 5 nitrogen and oxygen atoms in total. The van der Waals surface area contributed by atoms with E-state index in [0.717, 1.165) is 25.3 Å². The number of anilines is 1. The Hall–Kier alpha value is -1.88. The van der Waals surface area contributed by atoms with Crippen LogP contribution >= 0.6 is 0 Å². The maximum absolute atomic E-state index is 12.2. The van der Waals surface area contributed by atoms with Crippen LogP contribution in [0.25, 0.3) is 0 Å². The highest BCUT2D eigenvalue weighted by Gasteiger charge is 2.14. The molecule has 1 atom stereocenters. The van der Waals surface area contributed by atoms with E-state index in [1.165, 1.54) is 5.56 Å². The predicted molar refractivity (Wildman–Crippen MR) is 108 cm³/mol. The second kappa shape index (κ2) is 11.7. The van der Waals surface area contributed by atoms with Gasteiger partial charge in [-0.1, -0.05) is 46.8 Å². The Morgan fingerprint density at radius 1 is 0.962 bits per heavy atom.